The number of ether oxygens (including phenoxy) is 3. The van der Waals surface area contributed by atoms with Gasteiger partial charge in [-0.05, 0) is 100 Å². The molecule has 13 heteroatoms. The molecule has 2 N–H and O–H groups in total. The molecule has 4 atom stereocenters. The molecule has 10 nitrogen and oxygen atoms in total. The van der Waals surface area contributed by atoms with Crippen LogP contribution in [-0.2, 0) is 21.3 Å². The minimum absolute atomic E-state index is 0.0455. The third-order valence-corrected chi connectivity index (χ3v) is 10.7. The van der Waals surface area contributed by atoms with Gasteiger partial charge in [0, 0.05) is 37.8 Å². The van der Waals surface area contributed by atoms with Crippen LogP contribution in [0.25, 0.3) is 0 Å². The average Bonchev–Trinajstić information content (AvgIpc) is 3.07. The number of aliphatic hydroxyl groups excluding tert-OH is 1. The number of rotatable bonds is 10. The first-order valence-electron chi connectivity index (χ1n) is 16.4. The van der Waals surface area contributed by atoms with Crippen LogP contribution in [0.15, 0.2) is 65.6 Å². The zero-order valence-corrected chi connectivity index (χ0v) is 31.0. The van der Waals surface area contributed by atoms with Gasteiger partial charge in [0.1, 0.15) is 11.5 Å². The van der Waals surface area contributed by atoms with Crippen LogP contribution >= 0.6 is 23.2 Å². The predicted molar refractivity (Wildman–Crippen MR) is 193 cm³/mol. The Kier molecular flexibility index (Phi) is 14.0. The largest absolute Gasteiger partial charge is 0.497 e. The molecule has 0 unspecified atom stereocenters. The third kappa shape index (κ3) is 10.7. The number of sulfonamides is 1. The Labute approximate surface area is 300 Å². The van der Waals surface area contributed by atoms with E-state index in [0.717, 1.165) is 24.8 Å². The highest BCUT2D eigenvalue weighted by Crippen LogP contribution is 2.30. The molecule has 0 radical (unpaired) electrons. The van der Waals surface area contributed by atoms with Crippen molar-refractivity contribution in [3.05, 3.63) is 81.8 Å². The Bertz CT molecular complexity index is 1660. The Morgan fingerprint density at radius 1 is 1.06 bits per heavy atom. The molecule has 0 saturated carbocycles. The first-order valence-corrected chi connectivity index (χ1v) is 18.7. The molecule has 3 aromatic carbocycles. The number of nitrogens with one attached hydrogen (secondary N) is 1. The average molecular weight is 737 g/mol. The lowest BCUT2D eigenvalue weighted by Gasteiger charge is -2.36. The summed E-state index contributed by atoms with van der Waals surface area (Å²) in [5.74, 6) is 0.359. The van der Waals surface area contributed by atoms with Crippen LogP contribution in [0.3, 0.4) is 0 Å². The molecule has 1 amide bonds. The molecule has 1 aliphatic rings. The molecule has 1 aliphatic heterocycles. The first-order chi connectivity index (χ1) is 23.3. The fourth-order valence-corrected chi connectivity index (χ4v) is 7.11. The molecule has 0 aromatic heterocycles. The van der Waals surface area contributed by atoms with Crippen molar-refractivity contribution in [1.29, 1.82) is 0 Å². The maximum atomic E-state index is 14.4. The molecule has 0 bridgehead atoms. The second-order valence-corrected chi connectivity index (χ2v) is 15.2. The van der Waals surface area contributed by atoms with Crippen LogP contribution in [0, 0.1) is 5.92 Å². The van der Waals surface area contributed by atoms with Gasteiger partial charge in [-0.2, -0.15) is 0 Å². The topological polar surface area (TPSA) is 118 Å². The zero-order valence-electron chi connectivity index (χ0n) is 28.7. The van der Waals surface area contributed by atoms with Crippen molar-refractivity contribution in [3.8, 4) is 11.5 Å². The Morgan fingerprint density at radius 2 is 1.80 bits per heavy atom. The second kappa shape index (κ2) is 17.7. The van der Waals surface area contributed by atoms with E-state index in [9.17, 15) is 18.3 Å². The minimum atomic E-state index is -3.98. The number of fused-ring (bicyclic) bond motifs is 1. The van der Waals surface area contributed by atoms with Gasteiger partial charge in [0.2, 0.25) is 0 Å². The molecule has 0 fully saturated rings. The van der Waals surface area contributed by atoms with Crippen LogP contribution in [0.4, 0.5) is 5.69 Å². The van der Waals surface area contributed by atoms with E-state index in [1.807, 2.05) is 33.0 Å². The number of halogens is 2. The molecule has 1 heterocycles. The smallest absolute Gasteiger partial charge is 0.261 e. The van der Waals surface area contributed by atoms with E-state index in [-0.39, 0.29) is 53.3 Å². The number of nitrogens with zero attached hydrogens (tertiary/aromatic N) is 2. The normalized spacial score (nSPS) is 20.2. The number of benzene rings is 3. The van der Waals surface area contributed by atoms with Gasteiger partial charge in [-0.3, -0.25) is 14.4 Å². The lowest BCUT2D eigenvalue weighted by Crippen LogP contribution is -2.47. The van der Waals surface area contributed by atoms with Crippen LogP contribution < -0.4 is 14.2 Å². The summed E-state index contributed by atoms with van der Waals surface area (Å²) in [6, 6.07) is 15.8. The molecule has 0 aliphatic carbocycles. The van der Waals surface area contributed by atoms with Crippen molar-refractivity contribution in [2.75, 3.05) is 45.2 Å². The van der Waals surface area contributed by atoms with E-state index in [2.05, 4.69) is 9.62 Å². The van der Waals surface area contributed by atoms with E-state index in [1.54, 1.807) is 42.2 Å². The summed E-state index contributed by atoms with van der Waals surface area (Å²) in [5.41, 5.74) is 1.41. The predicted octanol–water partition coefficient (Wildman–Crippen LogP) is 6.73. The number of hydrogen-bond acceptors (Lipinski definition) is 8. The summed E-state index contributed by atoms with van der Waals surface area (Å²) in [6.07, 6.45) is 1.98. The van der Waals surface area contributed by atoms with Crippen LogP contribution in [0.1, 0.15) is 56.0 Å². The molecule has 268 valence electrons. The van der Waals surface area contributed by atoms with Gasteiger partial charge in [-0.25, -0.2) is 8.42 Å². The van der Waals surface area contributed by atoms with Gasteiger partial charge in [0.05, 0.1) is 52.5 Å². The molecule has 3 aromatic rings. The van der Waals surface area contributed by atoms with E-state index in [4.69, 9.17) is 37.4 Å². The second-order valence-electron chi connectivity index (χ2n) is 12.7. The Hall–Kier alpha value is -3.06. The maximum Gasteiger partial charge on any atom is 0.261 e. The molecule has 0 saturated heterocycles. The van der Waals surface area contributed by atoms with Crippen molar-refractivity contribution in [3.63, 3.8) is 0 Å². The monoisotopic (exact) mass is 735 g/mol. The lowest BCUT2D eigenvalue weighted by atomic mass is 10.0. The first kappa shape index (κ1) is 38.7. The fourth-order valence-electron chi connectivity index (χ4n) is 5.74. The Balaban J connectivity index is 1.63. The fraction of sp³-hybridized carbons (Fsp3) is 0.472. The van der Waals surface area contributed by atoms with Crippen LogP contribution in [0.5, 0.6) is 11.5 Å². The molecule has 4 rings (SSSR count). The van der Waals surface area contributed by atoms with E-state index >= 15 is 0 Å². The third-order valence-electron chi connectivity index (χ3n) is 8.60. The number of carbonyl (C=O) groups excluding carboxylic acids is 1. The summed E-state index contributed by atoms with van der Waals surface area (Å²) in [6.45, 7) is 7.53. The van der Waals surface area contributed by atoms with Gasteiger partial charge >= 0.3 is 0 Å². The zero-order chi connectivity index (χ0) is 35.7. The van der Waals surface area contributed by atoms with Gasteiger partial charge < -0.3 is 24.2 Å². The molecule has 0 spiro atoms. The van der Waals surface area contributed by atoms with Crippen molar-refractivity contribution in [2.24, 2.45) is 5.92 Å². The highest BCUT2D eigenvalue weighted by atomic mass is 35.5. The standard InChI is InChI=1S/C36H47Cl2N3O7S/c1-24-20-41(25(2)23-42)36(43)31-19-28(39-49(44,45)30-13-11-29(46-5)12-14-30)10-16-34(31)48-26(3)8-6-7-17-47-35(24)22-40(4)21-27-9-15-32(37)33(38)18-27/h9-16,18-19,24-26,35,39,42H,6-8,17,20-23H2,1-5H3/t24-,25+,26-,35+/m0/s1. The number of aliphatic hydroxyl groups is 1. The number of likely N-dealkylation sites (N-methyl/N-ethyl adjacent to an activating group) is 1. The van der Waals surface area contributed by atoms with Gasteiger partial charge in [0.25, 0.3) is 15.9 Å². The minimum Gasteiger partial charge on any atom is -0.497 e. The van der Waals surface area contributed by atoms with Crippen LogP contribution in [0.2, 0.25) is 10.0 Å². The van der Waals surface area contributed by atoms with Crippen molar-refractivity contribution < 1.29 is 32.5 Å². The number of anilines is 1. The number of amides is 1. The summed E-state index contributed by atoms with van der Waals surface area (Å²) in [7, 11) is -0.467. The Morgan fingerprint density at radius 3 is 2.47 bits per heavy atom. The van der Waals surface area contributed by atoms with E-state index < -0.39 is 16.1 Å². The number of methoxy groups -OCH3 is 1. The maximum absolute atomic E-state index is 14.4. The lowest BCUT2D eigenvalue weighted by molar-refractivity contribution is -0.0177. The highest BCUT2D eigenvalue weighted by molar-refractivity contribution is 7.92. The summed E-state index contributed by atoms with van der Waals surface area (Å²) in [5, 5.41) is 11.3. The molecular formula is C36H47Cl2N3O7S. The molecular weight excluding hydrogens is 689 g/mol. The van der Waals surface area contributed by atoms with Crippen LogP contribution in [-0.4, -0.2) is 87.9 Å². The van der Waals surface area contributed by atoms with Gasteiger partial charge in [-0.15, -0.1) is 0 Å². The van der Waals surface area contributed by atoms with Crippen molar-refractivity contribution in [1.82, 2.24) is 9.80 Å². The summed E-state index contributed by atoms with van der Waals surface area (Å²) < 4.78 is 47.0. The summed E-state index contributed by atoms with van der Waals surface area (Å²) in [4.78, 5) is 18.2. The number of hydrogen-bond donors (Lipinski definition) is 2. The van der Waals surface area contributed by atoms with Crippen molar-refractivity contribution >= 4 is 44.8 Å². The van der Waals surface area contributed by atoms with E-state index in [0.29, 0.717) is 41.2 Å². The molecule has 49 heavy (non-hydrogen) atoms. The quantitative estimate of drug-likeness (QED) is 0.236. The van der Waals surface area contributed by atoms with Gasteiger partial charge in [-0.1, -0.05) is 36.2 Å². The SMILES string of the molecule is COc1ccc(S(=O)(=O)Nc2ccc3c(c2)C(=O)N([C@H](C)CO)C[C@H](C)[C@@H](CN(C)Cc2ccc(Cl)c(Cl)c2)OCCCC[C@H](C)O3)cc1. The highest BCUT2D eigenvalue weighted by Gasteiger charge is 2.31. The summed E-state index contributed by atoms with van der Waals surface area (Å²) >= 11 is 12.4. The number of carbonyl (C=O) groups is 1. The van der Waals surface area contributed by atoms with Crippen molar-refractivity contribution in [2.45, 2.75) is 69.7 Å². The van der Waals surface area contributed by atoms with Gasteiger partial charge in [0.15, 0.2) is 0 Å². The van der Waals surface area contributed by atoms with E-state index in [1.165, 1.54) is 25.3 Å².